The van der Waals surface area contributed by atoms with Crippen LogP contribution in [0.3, 0.4) is 0 Å². The Morgan fingerprint density at radius 3 is 2.44 bits per heavy atom. The number of para-hydroxylation sites is 1. The number of carbonyl (C=O) groups is 2. The van der Waals surface area contributed by atoms with Crippen LogP contribution in [0.15, 0.2) is 89.0 Å². The van der Waals surface area contributed by atoms with E-state index in [1.54, 1.807) is 47.1 Å². The van der Waals surface area contributed by atoms with Crippen molar-refractivity contribution >= 4 is 50.5 Å². The van der Waals surface area contributed by atoms with Gasteiger partial charge in [-0.05, 0) is 85.5 Å². The Labute approximate surface area is 367 Å². The van der Waals surface area contributed by atoms with E-state index in [1.807, 2.05) is 80.9 Å². The van der Waals surface area contributed by atoms with Gasteiger partial charge in [-0.1, -0.05) is 55.4 Å². The number of β-amino-alcohol motifs (C(OH)–C–C–N with tert-alkyl or cyclic N) is 1. The van der Waals surface area contributed by atoms with Crippen LogP contribution in [0.1, 0.15) is 72.4 Å². The van der Waals surface area contributed by atoms with E-state index in [0.717, 1.165) is 69.2 Å². The van der Waals surface area contributed by atoms with Gasteiger partial charge in [0.2, 0.25) is 11.8 Å². The minimum absolute atomic E-state index is 0.0623. The standard InChI is InChI=1S/C47H48N8O5S2/c1-26(2)42(47(59)55-24-33(56)19-38(55)45(58)49-22-29-9-11-30(12-10-29)44-28(4)50-25-61-44)40-21-36(53-60-40)32-13-14-41(48-23-32)54-17-15-31(16-18-54)43-27(3)35-20-37(51-52-46(35)62-43)34-7-5-6-8-39(34)57/h5-14,20-21,23,25-26,31,33,38,42,56-57H,15-19,22,24H2,1-4H3,(H,49,58)/t33-,38+,42-/m1/s1. The van der Waals surface area contributed by atoms with E-state index in [0.29, 0.717) is 35.2 Å². The summed E-state index contributed by atoms with van der Waals surface area (Å²) >= 11 is 3.30. The number of nitrogens with zero attached hydrogens (tertiary/aromatic N) is 7. The number of carbonyl (C=O) groups excluding carboxylic acids is 2. The molecule has 7 aromatic rings. The molecule has 3 atom stereocenters. The van der Waals surface area contributed by atoms with Gasteiger partial charge >= 0.3 is 0 Å². The summed E-state index contributed by atoms with van der Waals surface area (Å²) in [6.45, 7) is 10.1. The molecule has 0 aliphatic carbocycles. The number of rotatable bonds is 11. The highest BCUT2D eigenvalue weighted by Gasteiger charge is 2.43. The molecule has 3 N–H and O–H groups in total. The molecule has 0 bridgehead atoms. The molecule has 15 heteroatoms. The van der Waals surface area contributed by atoms with E-state index in [4.69, 9.17) is 9.51 Å². The Hall–Kier alpha value is -6.03. The second-order valence-corrected chi connectivity index (χ2v) is 18.5. The molecule has 7 heterocycles. The molecular formula is C47H48N8O5S2. The van der Waals surface area contributed by atoms with Gasteiger partial charge in [-0.3, -0.25) is 9.59 Å². The van der Waals surface area contributed by atoms with Gasteiger partial charge in [-0.2, -0.15) is 0 Å². The van der Waals surface area contributed by atoms with Gasteiger partial charge in [0.1, 0.15) is 39.8 Å². The number of benzene rings is 2. The summed E-state index contributed by atoms with van der Waals surface area (Å²) < 4.78 is 5.84. The Morgan fingerprint density at radius 2 is 1.73 bits per heavy atom. The van der Waals surface area contributed by atoms with E-state index in [1.165, 1.54) is 15.3 Å². The number of hydrogen-bond donors (Lipinski definition) is 3. The number of aryl methyl sites for hydroxylation is 2. The number of phenolic OH excluding ortho intramolecular Hbond substituents is 1. The van der Waals surface area contributed by atoms with Crippen LogP contribution in [0.5, 0.6) is 5.75 Å². The monoisotopic (exact) mass is 868 g/mol. The third-order valence-corrected chi connectivity index (χ3v) is 14.5. The van der Waals surface area contributed by atoms with Crippen molar-refractivity contribution < 1.29 is 24.3 Å². The zero-order chi connectivity index (χ0) is 43.1. The number of piperidine rings is 1. The van der Waals surface area contributed by atoms with Gasteiger partial charge in [-0.25, -0.2) is 9.97 Å². The Morgan fingerprint density at radius 1 is 0.952 bits per heavy atom. The Balaban J connectivity index is 0.824. The molecule has 0 spiro atoms. The fraction of sp³-hybridized carbons (Fsp3) is 0.340. The van der Waals surface area contributed by atoms with Crippen molar-refractivity contribution in [2.45, 2.75) is 77.5 Å². The molecule has 13 nitrogen and oxygen atoms in total. The number of likely N-dealkylation sites (tertiary alicyclic amines) is 1. The van der Waals surface area contributed by atoms with Crippen LogP contribution in [-0.2, 0) is 16.1 Å². The molecule has 2 aliphatic rings. The topological polar surface area (TPSA) is 171 Å². The maximum Gasteiger partial charge on any atom is 0.243 e. The van der Waals surface area contributed by atoms with Gasteiger partial charge < -0.3 is 29.9 Å². The lowest BCUT2D eigenvalue weighted by Crippen LogP contribution is -2.48. The zero-order valence-corrected chi connectivity index (χ0v) is 36.6. The number of aromatic nitrogens is 5. The van der Waals surface area contributed by atoms with Gasteiger partial charge in [0.25, 0.3) is 0 Å². The third kappa shape index (κ3) is 8.19. The first-order valence-corrected chi connectivity index (χ1v) is 22.7. The maximum absolute atomic E-state index is 14.2. The highest BCUT2D eigenvalue weighted by atomic mass is 32.1. The second-order valence-electron chi connectivity index (χ2n) is 16.6. The van der Waals surface area contributed by atoms with Crippen LogP contribution in [0.4, 0.5) is 5.82 Å². The number of amides is 2. The van der Waals surface area contributed by atoms with Crippen LogP contribution in [-0.4, -0.2) is 84.0 Å². The fourth-order valence-corrected chi connectivity index (χ4v) is 10.9. The normalized spacial score (nSPS) is 17.6. The van der Waals surface area contributed by atoms with Gasteiger partial charge in [0, 0.05) is 66.3 Å². The van der Waals surface area contributed by atoms with Gasteiger partial charge in [0.15, 0.2) is 0 Å². The Bertz CT molecular complexity index is 2720. The third-order valence-electron chi connectivity index (χ3n) is 12.2. The van der Waals surface area contributed by atoms with Crippen molar-refractivity contribution in [2.75, 3.05) is 24.5 Å². The van der Waals surface area contributed by atoms with Crippen LogP contribution in [0.2, 0.25) is 0 Å². The van der Waals surface area contributed by atoms with Crippen LogP contribution in [0, 0.1) is 19.8 Å². The summed E-state index contributed by atoms with van der Waals surface area (Å²) in [5, 5.41) is 38.4. The van der Waals surface area contributed by atoms with Gasteiger partial charge in [-0.15, -0.1) is 32.9 Å². The molecule has 9 rings (SSSR count). The predicted octanol–water partition coefficient (Wildman–Crippen LogP) is 8.26. The molecular weight excluding hydrogens is 821 g/mol. The van der Waals surface area contributed by atoms with Crippen molar-refractivity contribution in [3.05, 3.63) is 112 Å². The smallest absolute Gasteiger partial charge is 0.243 e. The highest BCUT2D eigenvalue weighted by Crippen LogP contribution is 2.41. The summed E-state index contributed by atoms with van der Waals surface area (Å²) in [5.41, 5.74) is 8.71. The van der Waals surface area contributed by atoms with Crippen molar-refractivity contribution in [1.29, 1.82) is 0 Å². The number of phenols is 1. The number of pyridine rings is 1. The number of anilines is 1. The summed E-state index contributed by atoms with van der Waals surface area (Å²) in [4.78, 5) is 44.1. The number of hydrogen-bond acceptors (Lipinski definition) is 13. The minimum Gasteiger partial charge on any atom is -0.507 e. The first-order chi connectivity index (χ1) is 30.0. The van der Waals surface area contributed by atoms with Gasteiger partial charge in [0.05, 0.1) is 27.9 Å². The summed E-state index contributed by atoms with van der Waals surface area (Å²) in [5.74, 6) is 0.422. The number of thiophene rings is 1. The number of aromatic hydroxyl groups is 1. The number of nitrogens with one attached hydrogen (secondary N) is 1. The number of thiazole rings is 1. The second kappa shape index (κ2) is 17.4. The van der Waals surface area contributed by atoms with Crippen molar-refractivity contribution in [2.24, 2.45) is 5.92 Å². The molecule has 2 fully saturated rings. The first kappa shape index (κ1) is 41.3. The zero-order valence-electron chi connectivity index (χ0n) is 35.0. The number of fused-ring (bicyclic) bond motifs is 1. The molecule has 0 unspecified atom stereocenters. The van der Waals surface area contributed by atoms with Crippen LogP contribution in [0.25, 0.3) is 43.2 Å². The molecule has 62 heavy (non-hydrogen) atoms. The lowest BCUT2D eigenvalue weighted by atomic mass is 9.91. The molecule has 318 valence electrons. The lowest BCUT2D eigenvalue weighted by Gasteiger charge is -2.32. The summed E-state index contributed by atoms with van der Waals surface area (Å²) in [7, 11) is 0. The average Bonchev–Trinajstić information content (AvgIpc) is 4.10. The van der Waals surface area contributed by atoms with E-state index in [9.17, 15) is 19.8 Å². The quantitative estimate of drug-likeness (QED) is 0.114. The molecule has 2 aromatic carbocycles. The number of aliphatic hydroxyl groups is 1. The van der Waals surface area contributed by atoms with E-state index in [-0.39, 0.29) is 36.4 Å². The molecule has 2 aliphatic heterocycles. The minimum atomic E-state index is -0.814. The molecule has 5 aromatic heterocycles. The molecule has 0 radical (unpaired) electrons. The van der Waals surface area contributed by atoms with E-state index < -0.39 is 18.1 Å². The highest BCUT2D eigenvalue weighted by molar-refractivity contribution is 7.19. The summed E-state index contributed by atoms with van der Waals surface area (Å²) in [6, 6.07) is 22.2. The summed E-state index contributed by atoms with van der Waals surface area (Å²) in [6.07, 6.45) is 3.09. The average molecular weight is 869 g/mol. The molecule has 2 amide bonds. The van der Waals surface area contributed by atoms with Crippen molar-refractivity contribution in [3.8, 4) is 38.7 Å². The largest absolute Gasteiger partial charge is 0.507 e. The Kier molecular flexibility index (Phi) is 11.6. The van der Waals surface area contributed by atoms with Crippen LogP contribution >= 0.6 is 22.7 Å². The first-order valence-electron chi connectivity index (χ1n) is 21.0. The fourth-order valence-electron chi connectivity index (χ4n) is 8.80. The van der Waals surface area contributed by atoms with Crippen molar-refractivity contribution in [3.63, 3.8) is 0 Å². The van der Waals surface area contributed by atoms with Crippen molar-refractivity contribution in [1.82, 2.24) is 35.5 Å². The number of aliphatic hydroxyl groups excluding tert-OH is 1. The van der Waals surface area contributed by atoms with Crippen LogP contribution < -0.4 is 10.2 Å². The van der Waals surface area contributed by atoms with E-state index >= 15 is 0 Å². The lowest BCUT2D eigenvalue weighted by molar-refractivity contribution is -0.141. The SMILES string of the molecule is Cc1ncsc1-c1ccc(CNC(=O)[C@@H]2C[C@@H](O)CN2C(=O)[C@@H](c2cc(-c3ccc(N4CCC(c5sc6nnc(-c7ccccc7O)cc6c5C)CC4)nc3)no2)C(C)C)cc1. The molecule has 0 saturated carbocycles. The molecule has 2 saturated heterocycles. The van der Waals surface area contributed by atoms with E-state index in [2.05, 4.69) is 37.5 Å². The predicted molar refractivity (Wildman–Crippen MR) is 241 cm³/mol. The maximum atomic E-state index is 14.2.